The van der Waals surface area contributed by atoms with Crippen LogP contribution in [0.2, 0.25) is 0 Å². The molecule has 0 aliphatic rings. The van der Waals surface area contributed by atoms with Crippen LogP contribution in [0.1, 0.15) is 10.4 Å². The smallest absolute Gasteiger partial charge is 0.259 e. The van der Waals surface area contributed by atoms with Gasteiger partial charge in [-0.25, -0.2) is 23.1 Å². The Morgan fingerprint density at radius 3 is 2.46 bits per heavy atom. The largest absolute Gasteiger partial charge is 0.319 e. The third-order valence-corrected chi connectivity index (χ3v) is 3.29. The number of halogens is 3. The highest BCUT2D eigenvalue weighted by Gasteiger charge is 2.19. The second-order valence-corrected chi connectivity index (χ2v) is 4.83. The van der Waals surface area contributed by atoms with Crippen LogP contribution in [0.5, 0.6) is 0 Å². The molecule has 0 spiro atoms. The van der Waals surface area contributed by atoms with Crippen molar-refractivity contribution in [2.24, 2.45) is 0 Å². The lowest BCUT2D eigenvalue weighted by Crippen LogP contribution is -2.16. The van der Waals surface area contributed by atoms with Crippen molar-refractivity contribution in [2.75, 3.05) is 5.32 Å². The molecule has 1 N–H and O–H groups in total. The van der Waals surface area contributed by atoms with Crippen molar-refractivity contribution in [2.45, 2.75) is 0 Å². The van der Waals surface area contributed by atoms with Gasteiger partial charge >= 0.3 is 0 Å². The first kappa shape index (κ1) is 15.7. The summed E-state index contributed by atoms with van der Waals surface area (Å²) in [7, 11) is 0. The molecule has 4 nitrogen and oxygen atoms in total. The number of amides is 1. The van der Waals surface area contributed by atoms with Crippen molar-refractivity contribution in [3.63, 3.8) is 0 Å². The van der Waals surface area contributed by atoms with Gasteiger partial charge in [-0.1, -0.05) is 30.3 Å². The maximum atomic E-state index is 13.7. The number of nitrogens with one attached hydrogen (secondary N) is 1. The van der Waals surface area contributed by atoms with Crippen LogP contribution in [0.15, 0.2) is 55.0 Å². The van der Waals surface area contributed by atoms with Gasteiger partial charge in [0.2, 0.25) is 0 Å². The van der Waals surface area contributed by atoms with Crippen LogP contribution in [-0.2, 0) is 0 Å². The van der Waals surface area contributed by atoms with E-state index in [0.717, 1.165) is 12.1 Å². The zero-order valence-corrected chi connectivity index (χ0v) is 12.1. The van der Waals surface area contributed by atoms with Crippen molar-refractivity contribution in [1.82, 2.24) is 9.97 Å². The van der Waals surface area contributed by atoms with E-state index >= 15 is 0 Å². The number of hydrogen-bond donors (Lipinski definition) is 1. The van der Waals surface area contributed by atoms with Gasteiger partial charge in [0.15, 0.2) is 17.5 Å². The van der Waals surface area contributed by atoms with Gasteiger partial charge in [0, 0.05) is 11.8 Å². The predicted octanol–water partition coefficient (Wildman–Crippen LogP) is 3.81. The summed E-state index contributed by atoms with van der Waals surface area (Å²) >= 11 is 0. The van der Waals surface area contributed by atoms with Crippen molar-refractivity contribution < 1.29 is 18.0 Å². The molecule has 120 valence electrons. The SMILES string of the molecule is O=C(Nc1ccc(F)c(F)c1F)c1cncnc1-c1ccccc1. The highest BCUT2D eigenvalue weighted by Crippen LogP contribution is 2.23. The average molecular weight is 329 g/mol. The molecule has 0 bridgehead atoms. The van der Waals surface area contributed by atoms with E-state index in [9.17, 15) is 18.0 Å². The van der Waals surface area contributed by atoms with E-state index in [0.29, 0.717) is 11.3 Å². The van der Waals surface area contributed by atoms with Crippen molar-refractivity contribution in [3.8, 4) is 11.3 Å². The fourth-order valence-corrected chi connectivity index (χ4v) is 2.13. The van der Waals surface area contributed by atoms with E-state index in [1.54, 1.807) is 30.3 Å². The van der Waals surface area contributed by atoms with Crippen molar-refractivity contribution in [1.29, 1.82) is 0 Å². The first-order valence-electron chi connectivity index (χ1n) is 6.88. The Hall–Kier alpha value is -3.22. The third-order valence-electron chi connectivity index (χ3n) is 3.29. The molecule has 1 heterocycles. The lowest BCUT2D eigenvalue weighted by molar-refractivity contribution is 0.102. The summed E-state index contributed by atoms with van der Waals surface area (Å²) in [6.45, 7) is 0. The number of rotatable bonds is 3. The molecule has 1 aromatic heterocycles. The van der Waals surface area contributed by atoms with E-state index in [1.807, 2.05) is 0 Å². The van der Waals surface area contributed by atoms with Gasteiger partial charge in [-0.05, 0) is 12.1 Å². The molecular formula is C17H10F3N3O. The predicted molar refractivity (Wildman–Crippen MR) is 81.7 cm³/mol. The summed E-state index contributed by atoms with van der Waals surface area (Å²) in [5.41, 5.74) is 0.608. The zero-order valence-electron chi connectivity index (χ0n) is 12.1. The Labute approximate surface area is 135 Å². The average Bonchev–Trinajstić information content (AvgIpc) is 2.63. The molecule has 0 atom stereocenters. The summed E-state index contributed by atoms with van der Waals surface area (Å²) in [4.78, 5) is 20.2. The Bertz CT molecular complexity index is 901. The number of carbonyl (C=O) groups is 1. The van der Waals surface area contributed by atoms with Gasteiger partial charge in [-0.15, -0.1) is 0 Å². The summed E-state index contributed by atoms with van der Waals surface area (Å²) in [5.74, 6) is -5.19. The number of benzene rings is 2. The molecule has 24 heavy (non-hydrogen) atoms. The Morgan fingerprint density at radius 2 is 1.71 bits per heavy atom. The first-order valence-corrected chi connectivity index (χ1v) is 6.88. The molecular weight excluding hydrogens is 319 g/mol. The van der Waals surface area contributed by atoms with Crippen LogP contribution in [0, 0.1) is 17.5 Å². The molecule has 0 unspecified atom stereocenters. The molecule has 3 rings (SSSR count). The molecule has 0 fully saturated rings. The number of hydrogen-bond acceptors (Lipinski definition) is 3. The van der Waals surface area contributed by atoms with E-state index in [2.05, 4.69) is 15.3 Å². The summed E-state index contributed by atoms with van der Waals surface area (Å²) < 4.78 is 39.9. The Morgan fingerprint density at radius 1 is 0.958 bits per heavy atom. The third kappa shape index (κ3) is 2.96. The van der Waals surface area contributed by atoms with E-state index in [1.165, 1.54) is 12.5 Å². The van der Waals surface area contributed by atoms with Gasteiger partial charge in [0.25, 0.3) is 5.91 Å². The lowest BCUT2D eigenvalue weighted by atomic mass is 10.1. The molecule has 0 saturated heterocycles. The summed E-state index contributed by atoms with van der Waals surface area (Å²) in [6, 6.07) is 10.5. The van der Waals surface area contributed by atoms with Crippen molar-refractivity contribution >= 4 is 11.6 Å². The molecule has 1 amide bonds. The minimum absolute atomic E-state index is 0.0767. The fraction of sp³-hybridized carbons (Fsp3) is 0. The highest BCUT2D eigenvalue weighted by atomic mass is 19.2. The van der Waals surface area contributed by atoms with Gasteiger partial charge in [0.05, 0.1) is 16.9 Å². The molecule has 7 heteroatoms. The highest BCUT2D eigenvalue weighted by molar-refractivity contribution is 6.07. The van der Waals surface area contributed by atoms with Crippen LogP contribution in [-0.4, -0.2) is 15.9 Å². The van der Waals surface area contributed by atoms with E-state index in [-0.39, 0.29) is 5.56 Å². The molecule has 2 aromatic carbocycles. The number of nitrogens with zero attached hydrogens (tertiary/aromatic N) is 2. The standard InChI is InChI=1S/C17H10F3N3O/c18-12-6-7-13(15(20)14(12)19)23-17(24)11-8-21-9-22-16(11)10-4-2-1-3-5-10/h1-9H,(H,23,24). The van der Waals surface area contributed by atoms with Crippen LogP contribution in [0.25, 0.3) is 11.3 Å². The Kier molecular flexibility index (Phi) is 4.24. The quantitative estimate of drug-likeness (QED) is 0.743. The monoisotopic (exact) mass is 329 g/mol. The molecule has 0 saturated carbocycles. The zero-order chi connectivity index (χ0) is 17.1. The maximum Gasteiger partial charge on any atom is 0.259 e. The Balaban J connectivity index is 1.96. The summed E-state index contributed by atoms with van der Waals surface area (Å²) in [5, 5.41) is 2.20. The van der Waals surface area contributed by atoms with Gasteiger partial charge in [-0.3, -0.25) is 4.79 Å². The first-order chi connectivity index (χ1) is 11.6. The minimum Gasteiger partial charge on any atom is -0.319 e. The van der Waals surface area contributed by atoms with Crippen LogP contribution < -0.4 is 5.32 Å². The van der Waals surface area contributed by atoms with Gasteiger partial charge in [0.1, 0.15) is 6.33 Å². The van der Waals surface area contributed by atoms with E-state index in [4.69, 9.17) is 0 Å². The number of anilines is 1. The number of aromatic nitrogens is 2. The van der Waals surface area contributed by atoms with Crippen molar-refractivity contribution in [3.05, 3.63) is 78.0 Å². The molecule has 0 aliphatic carbocycles. The topological polar surface area (TPSA) is 54.9 Å². The van der Waals surface area contributed by atoms with Gasteiger partial charge in [-0.2, -0.15) is 0 Å². The number of carbonyl (C=O) groups excluding carboxylic acids is 1. The fourth-order valence-electron chi connectivity index (χ4n) is 2.13. The van der Waals surface area contributed by atoms with Crippen LogP contribution in [0.4, 0.5) is 18.9 Å². The molecule has 0 aliphatic heterocycles. The molecule has 3 aromatic rings. The maximum absolute atomic E-state index is 13.7. The molecule has 0 radical (unpaired) electrons. The lowest BCUT2D eigenvalue weighted by Gasteiger charge is -2.10. The summed E-state index contributed by atoms with van der Waals surface area (Å²) in [6.07, 6.45) is 2.54. The van der Waals surface area contributed by atoms with Crippen LogP contribution >= 0.6 is 0 Å². The second kappa shape index (κ2) is 6.49. The normalized spacial score (nSPS) is 10.5. The van der Waals surface area contributed by atoms with E-state index < -0.39 is 29.0 Å². The van der Waals surface area contributed by atoms with Crippen LogP contribution in [0.3, 0.4) is 0 Å². The van der Waals surface area contributed by atoms with Gasteiger partial charge < -0.3 is 5.32 Å². The minimum atomic E-state index is -1.65. The second-order valence-electron chi connectivity index (χ2n) is 4.83.